The van der Waals surface area contributed by atoms with Crippen LogP contribution in [0.2, 0.25) is 5.02 Å². The molecule has 0 unspecified atom stereocenters. The van der Waals surface area contributed by atoms with Crippen molar-refractivity contribution in [3.8, 4) is 22.9 Å². The molecule has 0 saturated heterocycles. The Morgan fingerprint density at radius 3 is 2.65 bits per heavy atom. The van der Waals surface area contributed by atoms with Gasteiger partial charge < -0.3 is 8.83 Å². The number of nitrogens with zero attached hydrogens (tertiary/aromatic N) is 3. The molecule has 7 heteroatoms. The molecular formula is C19H14ClN3O2S. The minimum Gasteiger partial charge on any atom is -0.444 e. The highest BCUT2D eigenvalue weighted by Crippen LogP contribution is 2.27. The van der Waals surface area contributed by atoms with E-state index in [-0.39, 0.29) is 0 Å². The van der Waals surface area contributed by atoms with Crippen molar-refractivity contribution in [2.75, 3.05) is 0 Å². The average Bonchev–Trinajstić information content (AvgIpc) is 3.30. The Kier molecular flexibility index (Phi) is 4.77. The second-order valence-electron chi connectivity index (χ2n) is 5.68. The Morgan fingerprint density at radius 1 is 1.00 bits per heavy atom. The summed E-state index contributed by atoms with van der Waals surface area (Å²) in [4.78, 5) is 4.48. The van der Waals surface area contributed by atoms with Crippen molar-refractivity contribution in [3.05, 3.63) is 71.1 Å². The first kappa shape index (κ1) is 16.9. The van der Waals surface area contributed by atoms with Crippen molar-refractivity contribution in [2.24, 2.45) is 0 Å². The van der Waals surface area contributed by atoms with E-state index in [0.717, 1.165) is 16.8 Å². The summed E-state index contributed by atoms with van der Waals surface area (Å²) >= 11 is 7.42. The van der Waals surface area contributed by atoms with E-state index >= 15 is 0 Å². The molecule has 130 valence electrons. The van der Waals surface area contributed by atoms with Gasteiger partial charge in [0.05, 0.1) is 5.69 Å². The number of benzene rings is 2. The lowest BCUT2D eigenvalue weighted by molar-refractivity contribution is 0.466. The predicted molar refractivity (Wildman–Crippen MR) is 101 cm³/mol. The van der Waals surface area contributed by atoms with E-state index in [1.165, 1.54) is 17.3 Å². The minimum absolute atomic E-state index is 0.493. The molecule has 0 N–H and O–H groups in total. The molecule has 0 saturated carbocycles. The summed E-state index contributed by atoms with van der Waals surface area (Å²) in [6.45, 7) is 2.04. The van der Waals surface area contributed by atoms with Crippen LogP contribution in [0.25, 0.3) is 22.9 Å². The summed E-state index contributed by atoms with van der Waals surface area (Å²) < 4.78 is 11.2. The lowest BCUT2D eigenvalue weighted by Crippen LogP contribution is -1.82. The van der Waals surface area contributed by atoms with Gasteiger partial charge in [-0.3, -0.25) is 0 Å². The van der Waals surface area contributed by atoms with Crippen molar-refractivity contribution >= 4 is 23.4 Å². The summed E-state index contributed by atoms with van der Waals surface area (Å²) in [6.07, 6.45) is 1.63. The summed E-state index contributed by atoms with van der Waals surface area (Å²) in [5.74, 6) is 1.61. The maximum atomic E-state index is 6.00. The van der Waals surface area contributed by atoms with Crippen LogP contribution in [0.15, 0.2) is 68.9 Å². The first-order chi connectivity index (χ1) is 12.7. The van der Waals surface area contributed by atoms with E-state index in [9.17, 15) is 0 Å². The van der Waals surface area contributed by atoms with Crippen molar-refractivity contribution in [1.82, 2.24) is 15.2 Å². The van der Waals surface area contributed by atoms with Gasteiger partial charge in [-0.15, -0.1) is 10.2 Å². The van der Waals surface area contributed by atoms with Crippen LogP contribution in [-0.4, -0.2) is 15.2 Å². The van der Waals surface area contributed by atoms with Crippen LogP contribution < -0.4 is 0 Å². The lowest BCUT2D eigenvalue weighted by atomic mass is 10.1. The van der Waals surface area contributed by atoms with Crippen LogP contribution in [0.5, 0.6) is 0 Å². The number of rotatable bonds is 5. The van der Waals surface area contributed by atoms with Gasteiger partial charge in [0.15, 0.2) is 0 Å². The summed E-state index contributed by atoms with van der Waals surface area (Å²) in [6, 6.07) is 15.3. The Morgan fingerprint density at radius 2 is 1.85 bits per heavy atom. The zero-order valence-electron chi connectivity index (χ0n) is 13.8. The Balaban J connectivity index is 1.43. The third-order valence-corrected chi connectivity index (χ3v) is 4.76. The van der Waals surface area contributed by atoms with Crippen LogP contribution >= 0.6 is 23.4 Å². The van der Waals surface area contributed by atoms with Crippen LogP contribution in [0.4, 0.5) is 0 Å². The minimum atomic E-state index is 0.493. The predicted octanol–water partition coefficient (Wildman–Crippen LogP) is 5.65. The molecule has 0 atom stereocenters. The fourth-order valence-corrected chi connectivity index (χ4v) is 3.17. The molecule has 0 bridgehead atoms. The van der Waals surface area contributed by atoms with Crippen LogP contribution in [-0.2, 0) is 5.75 Å². The van der Waals surface area contributed by atoms with Gasteiger partial charge >= 0.3 is 0 Å². The number of aromatic nitrogens is 3. The molecule has 0 aliphatic carbocycles. The number of hydrogen-bond donors (Lipinski definition) is 0. The molecule has 0 radical (unpaired) electrons. The molecule has 26 heavy (non-hydrogen) atoms. The Labute approximate surface area is 159 Å². The summed E-state index contributed by atoms with van der Waals surface area (Å²) in [7, 11) is 0. The molecule has 0 amide bonds. The normalized spacial score (nSPS) is 11.0. The number of aryl methyl sites for hydroxylation is 1. The smallest absolute Gasteiger partial charge is 0.277 e. The maximum Gasteiger partial charge on any atom is 0.277 e. The first-order valence-electron chi connectivity index (χ1n) is 7.91. The molecular weight excluding hydrogens is 370 g/mol. The van der Waals surface area contributed by atoms with Gasteiger partial charge in [0.25, 0.3) is 5.22 Å². The van der Waals surface area contributed by atoms with E-state index in [1.807, 2.05) is 55.5 Å². The van der Waals surface area contributed by atoms with E-state index in [2.05, 4.69) is 15.2 Å². The van der Waals surface area contributed by atoms with Crippen LogP contribution in [0.1, 0.15) is 11.3 Å². The third kappa shape index (κ3) is 3.81. The first-order valence-corrected chi connectivity index (χ1v) is 9.27. The van der Waals surface area contributed by atoms with E-state index in [4.69, 9.17) is 20.4 Å². The SMILES string of the molecule is Cc1ccc(-c2nnc(SCc3coc(-c4cccc(Cl)c4)n3)o2)cc1. The quantitative estimate of drug-likeness (QED) is 0.415. The van der Waals surface area contributed by atoms with Crippen molar-refractivity contribution in [3.63, 3.8) is 0 Å². The molecule has 2 aromatic carbocycles. The lowest BCUT2D eigenvalue weighted by Gasteiger charge is -1.96. The standard InChI is InChI=1S/C19H14ClN3O2S/c1-12-5-7-13(8-6-12)18-22-23-19(25-18)26-11-16-10-24-17(21-16)14-3-2-4-15(20)9-14/h2-10H,11H2,1H3. The summed E-state index contributed by atoms with van der Waals surface area (Å²) in [5.41, 5.74) is 3.72. The molecule has 0 aliphatic heterocycles. The highest BCUT2D eigenvalue weighted by Gasteiger charge is 2.12. The van der Waals surface area contributed by atoms with Gasteiger partial charge in [0.1, 0.15) is 6.26 Å². The van der Waals surface area contributed by atoms with Gasteiger partial charge in [0.2, 0.25) is 11.8 Å². The third-order valence-electron chi connectivity index (χ3n) is 3.67. The van der Waals surface area contributed by atoms with Crippen molar-refractivity contribution in [1.29, 1.82) is 0 Å². The number of oxazole rings is 1. The Hall–Kier alpha value is -2.57. The highest BCUT2D eigenvalue weighted by molar-refractivity contribution is 7.98. The van der Waals surface area contributed by atoms with Crippen molar-refractivity contribution < 1.29 is 8.83 Å². The Bertz CT molecular complexity index is 1030. The fraction of sp³-hybridized carbons (Fsp3) is 0.105. The molecule has 0 aliphatic rings. The zero-order valence-corrected chi connectivity index (χ0v) is 15.4. The molecule has 2 aromatic heterocycles. The average molecular weight is 384 g/mol. The topological polar surface area (TPSA) is 65.0 Å². The van der Waals surface area contributed by atoms with Crippen LogP contribution in [0.3, 0.4) is 0 Å². The highest BCUT2D eigenvalue weighted by atomic mass is 35.5. The molecule has 2 heterocycles. The zero-order chi connectivity index (χ0) is 17.9. The second-order valence-corrected chi connectivity index (χ2v) is 7.05. The van der Waals surface area contributed by atoms with Gasteiger partial charge in [0, 0.05) is 21.9 Å². The molecule has 4 aromatic rings. The molecule has 0 spiro atoms. The number of halogens is 1. The van der Waals surface area contributed by atoms with Gasteiger partial charge in [-0.05, 0) is 37.3 Å². The number of hydrogen-bond acceptors (Lipinski definition) is 6. The van der Waals surface area contributed by atoms with E-state index in [0.29, 0.717) is 27.8 Å². The van der Waals surface area contributed by atoms with Gasteiger partial charge in [-0.2, -0.15) is 0 Å². The largest absolute Gasteiger partial charge is 0.444 e. The molecule has 5 nitrogen and oxygen atoms in total. The fourth-order valence-electron chi connectivity index (χ4n) is 2.34. The van der Waals surface area contributed by atoms with Gasteiger partial charge in [-0.25, -0.2) is 4.98 Å². The maximum absolute atomic E-state index is 6.00. The van der Waals surface area contributed by atoms with E-state index < -0.39 is 0 Å². The second kappa shape index (κ2) is 7.35. The monoisotopic (exact) mass is 383 g/mol. The molecule has 0 fully saturated rings. The van der Waals surface area contributed by atoms with Crippen LogP contribution in [0, 0.1) is 6.92 Å². The summed E-state index contributed by atoms with van der Waals surface area (Å²) in [5, 5.41) is 9.31. The molecule has 4 rings (SSSR count). The number of thioether (sulfide) groups is 1. The van der Waals surface area contributed by atoms with E-state index in [1.54, 1.807) is 6.26 Å². The van der Waals surface area contributed by atoms with Crippen molar-refractivity contribution in [2.45, 2.75) is 17.9 Å². The van der Waals surface area contributed by atoms with Gasteiger partial charge in [-0.1, -0.05) is 47.1 Å².